The molecule has 0 spiro atoms. The van der Waals surface area contributed by atoms with Crippen molar-refractivity contribution in [3.63, 3.8) is 0 Å². The molecule has 0 fully saturated rings. The van der Waals surface area contributed by atoms with E-state index in [2.05, 4.69) is 11.7 Å². The molecule has 0 saturated heterocycles. The smallest absolute Gasteiger partial charge is 0.0570 e. The van der Waals surface area contributed by atoms with Gasteiger partial charge in [0, 0.05) is 5.03 Å². The van der Waals surface area contributed by atoms with Gasteiger partial charge in [-0.2, -0.15) is 5.10 Å². The molecule has 3 heteroatoms. The van der Waals surface area contributed by atoms with Crippen LogP contribution in [0.2, 0.25) is 0 Å². The van der Waals surface area contributed by atoms with Crippen LogP contribution in [0.1, 0.15) is 6.92 Å². The minimum Gasteiger partial charge on any atom is -0.323 e. The number of nitrogens with zero attached hydrogens (tertiary/aromatic N) is 1. The fourth-order valence-corrected chi connectivity index (χ4v) is 0.317. The maximum atomic E-state index is 5.40. The highest BCUT2D eigenvalue weighted by atomic mass is 35.5. The Morgan fingerprint density at radius 1 is 1.67 bits per heavy atom. The summed E-state index contributed by atoms with van der Waals surface area (Å²) in [5.74, 6) is 4.92. The van der Waals surface area contributed by atoms with Crippen LogP contribution in [-0.2, 0) is 0 Å². The van der Waals surface area contributed by atoms with Crippen LogP contribution >= 0.6 is 11.6 Å². The molecular weight excluding hydrogens is 136 g/mol. The lowest BCUT2D eigenvalue weighted by atomic mass is 10.4. The molecule has 50 valence electrons. The van der Waals surface area contributed by atoms with Crippen LogP contribution in [0.5, 0.6) is 0 Å². The molecule has 0 amide bonds. The van der Waals surface area contributed by atoms with E-state index in [1.807, 2.05) is 0 Å². The lowest BCUT2D eigenvalue weighted by molar-refractivity contribution is 1.24. The number of hydrazone groups is 1. The summed E-state index contributed by atoms with van der Waals surface area (Å²) in [6.07, 6.45) is 3.32. The van der Waals surface area contributed by atoms with E-state index in [1.165, 1.54) is 0 Å². The lowest BCUT2D eigenvalue weighted by Gasteiger charge is -1.84. The molecule has 0 aliphatic heterocycles. The van der Waals surface area contributed by atoms with Crippen molar-refractivity contribution in [3.8, 4) is 0 Å². The monoisotopic (exact) mass is 144 g/mol. The van der Waals surface area contributed by atoms with Crippen LogP contribution in [0.4, 0.5) is 0 Å². The maximum absolute atomic E-state index is 5.40. The normalized spacial score (nSPS) is 12.4. The summed E-state index contributed by atoms with van der Waals surface area (Å²) in [5.41, 5.74) is 0.719. The summed E-state index contributed by atoms with van der Waals surface area (Å²) < 4.78 is 0. The molecule has 0 aromatic rings. The number of nitrogens with two attached hydrogens (primary N) is 1. The molecule has 0 atom stereocenters. The van der Waals surface area contributed by atoms with Gasteiger partial charge < -0.3 is 5.84 Å². The highest BCUT2D eigenvalue weighted by Gasteiger charge is 1.79. The first-order valence-corrected chi connectivity index (χ1v) is 2.81. The first kappa shape index (κ1) is 8.24. The molecule has 0 radical (unpaired) electrons. The van der Waals surface area contributed by atoms with Crippen LogP contribution in [-0.4, -0.2) is 5.71 Å². The third-order valence-corrected chi connectivity index (χ3v) is 0.835. The van der Waals surface area contributed by atoms with Gasteiger partial charge in [0.25, 0.3) is 0 Å². The SMILES string of the molecule is C=C(Cl)/C=C\C(C)=N/N. The van der Waals surface area contributed by atoms with Crippen molar-refractivity contribution in [2.45, 2.75) is 6.92 Å². The third kappa shape index (κ3) is 5.11. The van der Waals surface area contributed by atoms with E-state index in [9.17, 15) is 0 Å². The van der Waals surface area contributed by atoms with E-state index in [-0.39, 0.29) is 0 Å². The molecule has 2 nitrogen and oxygen atoms in total. The molecule has 0 heterocycles. The van der Waals surface area contributed by atoms with E-state index in [1.54, 1.807) is 19.1 Å². The second kappa shape index (κ2) is 4.15. The first-order valence-electron chi connectivity index (χ1n) is 2.44. The first-order chi connectivity index (χ1) is 4.16. The fraction of sp³-hybridized carbons (Fsp3) is 0.167. The highest BCUT2D eigenvalue weighted by Crippen LogP contribution is 1.97. The molecule has 0 bridgehead atoms. The van der Waals surface area contributed by atoms with E-state index in [0.29, 0.717) is 5.03 Å². The van der Waals surface area contributed by atoms with Crippen molar-refractivity contribution in [2.75, 3.05) is 0 Å². The van der Waals surface area contributed by atoms with Crippen molar-refractivity contribution in [3.05, 3.63) is 23.8 Å². The predicted molar refractivity (Wildman–Crippen MR) is 41.4 cm³/mol. The van der Waals surface area contributed by atoms with Gasteiger partial charge in [0.2, 0.25) is 0 Å². The zero-order valence-electron chi connectivity index (χ0n) is 5.26. The Balaban J connectivity index is 3.86. The third-order valence-electron chi connectivity index (χ3n) is 0.709. The number of hydrogen-bond acceptors (Lipinski definition) is 2. The Hall–Kier alpha value is -0.760. The van der Waals surface area contributed by atoms with Gasteiger partial charge in [0.05, 0.1) is 5.71 Å². The zero-order chi connectivity index (χ0) is 7.28. The summed E-state index contributed by atoms with van der Waals surface area (Å²) in [4.78, 5) is 0. The number of allylic oxidation sites excluding steroid dienone is 3. The largest absolute Gasteiger partial charge is 0.323 e. The topological polar surface area (TPSA) is 38.4 Å². The molecule has 0 saturated carbocycles. The van der Waals surface area contributed by atoms with Crippen molar-refractivity contribution < 1.29 is 0 Å². The van der Waals surface area contributed by atoms with Crippen molar-refractivity contribution in [2.24, 2.45) is 10.9 Å². The van der Waals surface area contributed by atoms with Crippen LogP contribution < -0.4 is 5.84 Å². The summed E-state index contributed by atoms with van der Waals surface area (Å²) in [5, 5.41) is 3.86. The molecule has 0 aliphatic carbocycles. The van der Waals surface area contributed by atoms with Crippen LogP contribution in [0, 0.1) is 0 Å². The molecule has 0 rings (SSSR count). The maximum Gasteiger partial charge on any atom is 0.0570 e. The van der Waals surface area contributed by atoms with Gasteiger partial charge in [0.1, 0.15) is 0 Å². The Morgan fingerprint density at radius 3 is 2.56 bits per heavy atom. The van der Waals surface area contributed by atoms with Crippen molar-refractivity contribution in [1.82, 2.24) is 0 Å². The number of hydrogen-bond donors (Lipinski definition) is 1. The standard InChI is InChI=1S/C6H9ClN2/c1-5(7)3-4-6(2)9-8/h3-4H,1,8H2,2H3/b4-3-,9-6-. The average molecular weight is 145 g/mol. The van der Waals surface area contributed by atoms with Gasteiger partial charge in [0.15, 0.2) is 0 Å². The molecule has 2 N–H and O–H groups in total. The summed E-state index contributed by atoms with van der Waals surface area (Å²) in [6, 6.07) is 0. The second-order valence-electron chi connectivity index (χ2n) is 1.55. The van der Waals surface area contributed by atoms with Gasteiger partial charge in [-0.1, -0.05) is 18.2 Å². The quantitative estimate of drug-likeness (QED) is 0.272. The second-order valence-corrected chi connectivity index (χ2v) is 2.04. The van der Waals surface area contributed by atoms with E-state index < -0.39 is 0 Å². The van der Waals surface area contributed by atoms with Crippen molar-refractivity contribution >= 4 is 17.3 Å². The molecule has 0 aromatic carbocycles. The summed E-state index contributed by atoms with van der Waals surface area (Å²) in [7, 11) is 0. The Bertz CT molecular complexity index is 158. The van der Waals surface area contributed by atoms with Gasteiger partial charge in [-0.3, -0.25) is 0 Å². The predicted octanol–water partition coefficient (Wildman–Crippen LogP) is 1.63. The number of halogens is 1. The van der Waals surface area contributed by atoms with Gasteiger partial charge in [-0.15, -0.1) is 0 Å². The Labute approximate surface area is 59.7 Å². The van der Waals surface area contributed by atoms with Crippen LogP contribution in [0.25, 0.3) is 0 Å². The van der Waals surface area contributed by atoms with E-state index >= 15 is 0 Å². The minimum absolute atomic E-state index is 0.470. The highest BCUT2D eigenvalue weighted by molar-refractivity contribution is 6.31. The Morgan fingerprint density at radius 2 is 2.22 bits per heavy atom. The molecule has 0 aliphatic rings. The van der Waals surface area contributed by atoms with E-state index in [0.717, 1.165) is 5.71 Å². The minimum atomic E-state index is 0.470. The zero-order valence-corrected chi connectivity index (χ0v) is 6.02. The summed E-state index contributed by atoms with van der Waals surface area (Å²) >= 11 is 5.40. The molecule has 0 unspecified atom stereocenters. The Kier molecular flexibility index (Phi) is 3.80. The van der Waals surface area contributed by atoms with Gasteiger partial charge >= 0.3 is 0 Å². The molecule has 9 heavy (non-hydrogen) atoms. The van der Waals surface area contributed by atoms with Crippen LogP contribution in [0.3, 0.4) is 0 Å². The molecular formula is C6H9ClN2. The lowest BCUT2D eigenvalue weighted by Crippen LogP contribution is -1.90. The van der Waals surface area contributed by atoms with Gasteiger partial charge in [-0.05, 0) is 19.1 Å². The van der Waals surface area contributed by atoms with E-state index in [4.69, 9.17) is 17.4 Å². The molecule has 0 aromatic heterocycles. The summed E-state index contributed by atoms with van der Waals surface area (Å²) in [6.45, 7) is 5.22. The fourth-order valence-electron chi connectivity index (χ4n) is 0.254. The van der Waals surface area contributed by atoms with Crippen molar-refractivity contribution in [1.29, 1.82) is 0 Å². The van der Waals surface area contributed by atoms with Crippen LogP contribution in [0.15, 0.2) is 28.9 Å². The number of rotatable bonds is 2. The van der Waals surface area contributed by atoms with Gasteiger partial charge in [-0.25, -0.2) is 0 Å². The average Bonchev–Trinajstić information content (AvgIpc) is 1.83.